The van der Waals surface area contributed by atoms with Gasteiger partial charge in [0.25, 0.3) is 0 Å². The third-order valence-corrected chi connectivity index (χ3v) is 3.11. The molecule has 0 rings (SSSR count). The molecule has 0 aliphatic heterocycles. The molecule has 0 aromatic carbocycles. The van der Waals surface area contributed by atoms with E-state index in [9.17, 15) is 9.59 Å². The monoisotopic (exact) mass is 349 g/mol. The van der Waals surface area contributed by atoms with Gasteiger partial charge in [0, 0.05) is 0 Å². The Balaban J connectivity index is 4.68. The molecule has 0 saturated heterocycles. The van der Waals surface area contributed by atoms with Crippen LogP contribution < -0.4 is 0 Å². The van der Waals surface area contributed by atoms with E-state index in [4.69, 9.17) is 19.5 Å². The molecule has 0 heterocycles. The van der Waals surface area contributed by atoms with Gasteiger partial charge in [-0.1, -0.05) is 0 Å². The summed E-state index contributed by atoms with van der Waals surface area (Å²) in [5, 5.41) is 8.42. The van der Waals surface area contributed by atoms with Crippen molar-refractivity contribution in [1.82, 2.24) is 0 Å². The molecule has 0 aromatic rings. The van der Waals surface area contributed by atoms with Crippen LogP contribution in [0.4, 0.5) is 0 Å². The third-order valence-electron chi connectivity index (χ3n) is 2.04. The van der Waals surface area contributed by atoms with Gasteiger partial charge in [0.05, 0.1) is 0 Å². The summed E-state index contributed by atoms with van der Waals surface area (Å²) in [6.45, 7) is 8.54. The number of nitriles is 1. The zero-order chi connectivity index (χ0) is 15.6. The number of nitrogens with zero attached hydrogens (tertiary/aromatic N) is 1. The number of rotatable bonds is 9. The Morgan fingerprint density at radius 1 is 1.40 bits per heavy atom. The quantitative estimate of drug-likeness (QED) is 0.207. The molecule has 0 aliphatic rings. The van der Waals surface area contributed by atoms with Gasteiger partial charge in [-0.2, -0.15) is 0 Å². The van der Waals surface area contributed by atoms with Crippen LogP contribution in [0.1, 0.15) is 33.6 Å². The predicted octanol–water partition coefficient (Wildman–Crippen LogP) is 1.74. The Hall–Kier alpha value is -1.35. The molecule has 0 N–H and O–H groups in total. The van der Waals surface area contributed by atoms with Crippen LogP contribution >= 0.6 is 0 Å². The van der Waals surface area contributed by atoms with Crippen molar-refractivity contribution in [1.29, 1.82) is 5.26 Å². The van der Waals surface area contributed by atoms with Crippen LogP contribution in [0.5, 0.6) is 0 Å². The van der Waals surface area contributed by atoms with Crippen molar-refractivity contribution in [3.8, 4) is 4.97 Å². The van der Waals surface area contributed by atoms with E-state index in [-0.39, 0.29) is 17.5 Å². The normalized spacial score (nSPS) is 12.9. The Morgan fingerprint density at radius 3 is 2.55 bits per heavy atom. The van der Waals surface area contributed by atoms with Gasteiger partial charge < -0.3 is 0 Å². The average molecular weight is 348 g/mol. The fourth-order valence-electron chi connectivity index (χ4n) is 1.06. The van der Waals surface area contributed by atoms with E-state index in [1.54, 1.807) is 0 Å². The van der Waals surface area contributed by atoms with Crippen molar-refractivity contribution >= 4 is 26.9 Å². The second-order valence-electron chi connectivity index (χ2n) is 4.09. The van der Waals surface area contributed by atoms with Crippen LogP contribution in [-0.2, 0) is 23.8 Å². The van der Waals surface area contributed by atoms with Gasteiger partial charge in [0.15, 0.2) is 0 Å². The van der Waals surface area contributed by atoms with E-state index < -0.39 is 32.9 Å². The molecule has 0 fully saturated rings. The van der Waals surface area contributed by atoms with E-state index in [1.165, 1.54) is 13.8 Å². The average Bonchev–Trinajstić information content (AvgIpc) is 2.36. The number of ether oxygens (including phenoxy) is 3. The molecule has 0 saturated carbocycles. The maximum absolute atomic E-state index is 11.6. The maximum atomic E-state index is 11.6. The van der Waals surface area contributed by atoms with E-state index in [0.29, 0.717) is 0 Å². The van der Waals surface area contributed by atoms with Crippen molar-refractivity contribution in [2.75, 3.05) is 6.61 Å². The van der Waals surface area contributed by atoms with Crippen LogP contribution in [0.25, 0.3) is 0 Å². The first-order valence-corrected chi connectivity index (χ1v) is 8.17. The Kier molecular flexibility index (Phi) is 8.89. The summed E-state index contributed by atoms with van der Waals surface area (Å²) in [5.74, 6) is -3.13. The molecular formula is C13H19NO5Se. The van der Waals surface area contributed by atoms with Gasteiger partial charge in [0.1, 0.15) is 0 Å². The summed E-state index contributed by atoms with van der Waals surface area (Å²) in [6, 6.07) is 0. The molecule has 0 amide bonds. The topological polar surface area (TPSA) is 85.6 Å². The van der Waals surface area contributed by atoms with Crippen molar-refractivity contribution in [3.05, 3.63) is 12.2 Å². The Labute approximate surface area is 125 Å². The van der Waals surface area contributed by atoms with E-state index in [1.807, 2.05) is 11.9 Å². The van der Waals surface area contributed by atoms with Crippen molar-refractivity contribution in [2.45, 2.75) is 44.9 Å². The van der Waals surface area contributed by atoms with Crippen LogP contribution in [-0.4, -0.2) is 39.5 Å². The van der Waals surface area contributed by atoms with Gasteiger partial charge in [-0.15, -0.1) is 0 Å². The fraction of sp³-hybridized carbons (Fsp3) is 0.615. The number of hydrogen-bond donors (Lipinski definition) is 0. The van der Waals surface area contributed by atoms with E-state index >= 15 is 0 Å². The van der Waals surface area contributed by atoms with Crippen molar-refractivity contribution < 1.29 is 23.8 Å². The van der Waals surface area contributed by atoms with Crippen molar-refractivity contribution in [3.63, 3.8) is 0 Å². The van der Waals surface area contributed by atoms with E-state index in [2.05, 4.69) is 6.58 Å². The van der Waals surface area contributed by atoms with Gasteiger partial charge in [-0.25, -0.2) is 0 Å². The van der Waals surface area contributed by atoms with Crippen LogP contribution in [0, 0.1) is 10.2 Å². The number of carbonyl (C=O) groups excluding carboxylic acids is 2. The van der Waals surface area contributed by atoms with Crippen LogP contribution in [0.3, 0.4) is 0 Å². The summed E-state index contributed by atoms with van der Waals surface area (Å²) in [7, 11) is 0. The van der Waals surface area contributed by atoms with Gasteiger partial charge in [-0.3, -0.25) is 0 Å². The standard InChI is InChI=1S/C13H19NO5Se/c1-5-6-7-17-13(4,19-12(16)10(2)3)18-11(15)8-20-9-14/h2,5-8H2,1,3-4H3. The Morgan fingerprint density at radius 2 is 2.05 bits per heavy atom. The number of unbranched alkanes of at least 4 members (excludes halogenated alkanes) is 1. The van der Waals surface area contributed by atoms with Gasteiger partial charge in [0.2, 0.25) is 0 Å². The van der Waals surface area contributed by atoms with E-state index in [0.717, 1.165) is 12.8 Å². The fourth-order valence-corrected chi connectivity index (χ4v) is 1.57. The van der Waals surface area contributed by atoms with Crippen LogP contribution in [0.15, 0.2) is 12.2 Å². The zero-order valence-corrected chi connectivity index (χ0v) is 13.6. The molecule has 6 nitrogen and oxygen atoms in total. The molecular weight excluding hydrogens is 329 g/mol. The van der Waals surface area contributed by atoms with Crippen molar-refractivity contribution in [2.24, 2.45) is 0 Å². The second-order valence-corrected chi connectivity index (χ2v) is 5.68. The molecule has 0 aromatic heterocycles. The first-order chi connectivity index (χ1) is 9.34. The molecule has 112 valence electrons. The minimum atomic E-state index is -1.78. The molecule has 20 heavy (non-hydrogen) atoms. The molecule has 0 bridgehead atoms. The third kappa shape index (κ3) is 7.95. The molecule has 1 unspecified atom stereocenters. The first-order valence-electron chi connectivity index (χ1n) is 6.10. The minimum absolute atomic E-state index is 0.0269. The summed E-state index contributed by atoms with van der Waals surface area (Å²) in [6.07, 6.45) is 1.62. The molecule has 1 atom stereocenters. The predicted molar refractivity (Wildman–Crippen MR) is 72.4 cm³/mol. The summed E-state index contributed by atoms with van der Waals surface area (Å²) in [5.41, 5.74) is 0.174. The molecule has 0 aliphatic carbocycles. The zero-order valence-electron chi connectivity index (χ0n) is 11.9. The number of esters is 2. The number of hydrogen-bond acceptors (Lipinski definition) is 6. The number of carbonyl (C=O) groups is 2. The molecule has 0 radical (unpaired) electrons. The summed E-state index contributed by atoms with van der Waals surface area (Å²) in [4.78, 5) is 25.0. The molecule has 7 heteroatoms. The summed E-state index contributed by atoms with van der Waals surface area (Å²) < 4.78 is 15.4. The first kappa shape index (κ1) is 18.6. The van der Waals surface area contributed by atoms with Gasteiger partial charge in [-0.05, 0) is 0 Å². The SMILES string of the molecule is C=C(C)C(=O)OC(C)(OCCCC)OC(=O)C[Se]C#N. The Bertz CT molecular complexity index is 404. The second kappa shape index (κ2) is 9.54. The summed E-state index contributed by atoms with van der Waals surface area (Å²) >= 11 is -0.500. The van der Waals surface area contributed by atoms with Gasteiger partial charge >= 0.3 is 125 Å². The van der Waals surface area contributed by atoms with Crippen LogP contribution in [0.2, 0.25) is 5.32 Å². The molecule has 0 spiro atoms.